The summed E-state index contributed by atoms with van der Waals surface area (Å²) in [5, 5.41) is 11.1. The predicted molar refractivity (Wildman–Crippen MR) is 85.5 cm³/mol. The van der Waals surface area contributed by atoms with Gasteiger partial charge in [0.05, 0.1) is 12.1 Å². The van der Waals surface area contributed by atoms with Gasteiger partial charge >= 0.3 is 12.1 Å². The molecule has 26 heavy (non-hydrogen) atoms. The van der Waals surface area contributed by atoms with Crippen LogP contribution in [-0.2, 0) is 4.79 Å². The van der Waals surface area contributed by atoms with Gasteiger partial charge in [-0.3, -0.25) is 4.79 Å². The highest BCUT2D eigenvalue weighted by atomic mass is 19.4. The van der Waals surface area contributed by atoms with Gasteiger partial charge in [0.15, 0.2) is 0 Å². The molecular formula is C20H10F3NO2. The van der Waals surface area contributed by atoms with E-state index in [1.165, 1.54) is 6.92 Å². The number of rotatable bonds is 3. The zero-order chi connectivity index (χ0) is 19.8. The molecular weight excluding hydrogens is 343 g/mol. The van der Waals surface area contributed by atoms with Crippen molar-refractivity contribution in [3.8, 4) is 0 Å². The Labute approximate surface area is 147 Å². The summed E-state index contributed by atoms with van der Waals surface area (Å²) >= 11 is 0. The van der Waals surface area contributed by atoms with Crippen LogP contribution in [0.3, 0.4) is 0 Å². The fourth-order valence-corrected chi connectivity index (χ4v) is 1.01. The Morgan fingerprint density at radius 1 is 0.962 bits per heavy atom. The summed E-state index contributed by atoms with van der Waals surface area (Å²) in [7, 11) is 0. The molecule has 0 aliphatic carbocycles. The van der Waals surface area contributed by atoms with Crippen LogP contribution in [0.2, 0.25) is 0 Å². The summed E-state index contributed by atoms with van der Waals surface area (Å²) in [5.74, 6) is -2.14. The normalized spacial score (nSPS) is 10.0. The molecule has 2 N–H and O–H groups in total. The number of alkyl halides is 3. The third kappa shape index (κ3) is 11.6. The summed E-state index contributed by atoms with van der Waals surface area (Å²) < 4.78 is 36.2. The van der Waals surface area contributed by atoms with Crippen molar-refractivity contribution in [1.29, 1.82) is 0 Å². The summed E-state index contributed by atoms with van der Waals surface area (Å²) in [5.41, 5.74) is 30.8. The molecule has 0 saturated carbocycles. The number of hydrogen-bond acceptors (Lipinski definition) is 2. The molecule has 0 aromatic heterocycles. The van der Waals surface area contributed by atoms with Crippen molar-refractivity contribution in [1.82, 2.24) is 5.32 Å². The van der Waals surface area contributed by atoms with Gasteiger partial charge in [0.25, 0.3) is 0 Å². The molecule has 0 unspecified atom stereocenters. The SMILES string of the molecule is C=C=C=C=C=C=C=C=C=C=C=C=C=C=C[C@H](O)[C@H](C)NC(=O)C(F)(F)F. The summed E-state index contributed by atoms with van der Waals surface area (Å²) in [6.45, 7) is 4.46. The van der Waals surface area contributed by atoms with Gasteiger partial charge in [-0.05, 0) is 82.6 Å². The second kappa shape index (κ2) is 12.5. The van der Waals surface area contributed by atoms with Gasteiger partial charge in [0.1, 0.15) is 0 Å². The molecule has 0 aliphatic heterocycles. The molecule has 6 heteroatoms. The Morgan fingerprint density at radius 3 is 1.81 bits per heavy atom. The summed E-state index contributed by atoms with van der Waals surface area (Å²) in [6, 6.07) is -1.17. The maximum atomic E-state index is 12.1. The van der Waals surface area contributed by atoms with Crippen molar-refractivity contribution in [3.05, 3.63) is 87.2 Å². The molecule has 0 spiro atoms. The van der Waals surface area contributed by atoms with E-state index in [-0.39, 0.29) is 0 Å². The van der Waals surface area contributed by atoms with Crippen LogP contribution >= 0.6 is 0 Å². The van der Waals surface area contributed by atoms with E-state index in [9.17, 15) is 23.1 Å². The minimum atomic E-state index is -5.02. The molecule has 0 bridgehead atoms. The van der Waals surface area contributed by atoms with Crippen LogP contribution in [0, 0.1) is 0 Å². The Bertz CT molecular complexity index is 1030. The highest BCUT2D eigenvalue weighted by Gasteiger charge is 2.39. The first-order valence-corrected chi connectivity index (χ1v) is 6.70. The third-order valence-electron chi connectivity index (χ3n) is 2.17. The molecule has 1 amide bonds. The Hall–Kier alpha value is -3.90. The molecule has 128 valence electrons. The van der Waals surface area contributed by atoms with Gasteiger partial charge in [0.2, 0.25) is 0 Å². The maximum absolute atomic E-state index is 12.1. The van der Waals surface area contributed by atoms with Crippen molar-refractivity contribution in [2.45, 2.75) is 25.2 Å². The lowest BCUT2D eigenvalue weighted by atomic mass is 10.2. The number of aliphatic hydroxyl groups excluding tert-OH is 1. The average molecular weight is 353 g/mol. The molecule has 0 heterocycles. The van der Waals surface area contributed by atoms with Crippen LogP contribution in [0.1, 0.15) is 6.92 Å². The Morgan fingerprint density at radius 2 is 1.38 bits per heavy atom. The van der Waals surface area contributed by atoms with E-state index >= 15 is 0 Å². The van der Waals surface area contributed by atoms with Crippen LogP contribution in [0.4, 0.5) is 13.2 Å². The van der Waals surface area contributed by atoms with Crippen molar-refractivity contribution in [3.63, 3.8) is 0 Å². The molecule has 3 nitrogen and oxygen atoms in total. The van der Waals surface area contributed by atoms with Gasteiger partial charge < -0.3 is 10.4 Å². The minimum Gasteiger partial charge on any atom is -0.386 e. The summed E-state index contributed by atoms with van der Waals surface area (Å²) in [4.78, 5) is 10.7. The van der Waals surface area contributed by atoms with E-state index < -0.39 is 24.2 Å². The van der Waals surface area contributed by atoms with Gasteiger partial charge in [-0.15, -0.1) is 0 Å². The van der Waals surface area contributed by atoms with Crippen molar-refractivity contribution in [2.24, 2.45) is 0 Å². The zero-order valence-corrected chi connectivity index (χ0v) is 13.4. The molecule has 0 saturated heterocycles. The van der Waals surface area contributed by atoms with Crippen LogP contribution in [-0.4, -0.2) is 29.3 Å². The third-order valence-corrected chi connectivity index (χ3v) is 2.17. The molecule has 0 aliphatic rings. The second-order valence-electron chi connectivity index (χ2n) is 4.11. The highest BCUT2D eigenvalue weighted by molar-refractivity contribution is 5.81. The molecule has 0 aromatic rings. The fourth-order valence-electron chi connectivity index (χ4n) is 1.01. The van der Waals surface area contributed by atoms with Crippen LogP contribution < -0.4 is 5.32 Å². The largest absolute Gasteiger partial charge is 0.471 e. The molecule has 0 fully saturated rings. The molecule has 0 radical (unpaired) electrons. The van der Waals surface area contributed by atoms with Gasteiger partial charge in [-0.25, -0.2) is 0 Å². The quantitative estimate of drug-likeness (QED) is 0.767. The van der Waals surface area contributed by atoms with E-state index in [0.29, 0.717) is 0 Å². The first-order chi connectivity index (χ1) is 12.3. The van der Waals surface area contributed by atoms with E-state index in [1.807, 2.05) is 0 Å². The van der Waals surface area contributed by atoms with E-state index in [2.05, 4.69) is 81.1 Å². The summed E-state index contributed by atoms with van der Waals surface area (Å²) in [6.07, 6.45) is -5.41. The highest BCUT2D eigenvalue weighted by Crippen LogP contribution is 2.14. The topological polar surface area (TPSA) is 49.3 Å². The van der Waals surface area contributed by atoms with Crippen molar-refractivity contribution < 1.29 is 23.1 Å². The number of halogens is 3. The Balaban J connectivity index is 5.27. The molecule has 2 atom stereocenters. The van der Waals surface area contributed by atoms with E-state index in [0.717, 1.165) is 6.08 Å². The number of carbonyl (C=O) groups is 1. The minimum absolute atomic E-state index is 1.00. The van der Waals surface area contributed by atoms with E-state index in [4.69, 9.17) is 0 Å². The van der Waals surface area contributed by atoms with Crippen LogP contribution in [0.5, 0.6) is 0 Å². The second-order valence-corrected chi connectivity index (χ2v) is 4.11. The van der Waals surface area contributed by atoms with Crippen LogP contribution in [0.15, 0.2) is 87.2 Å². The van der Waals surface area contributed by atoms with Crippen molar-refractivity contribution in [2.75, 3.05) is 0 Å². The van der Waals surface area contributed by atoms with Gasteiger partial charge in [-0.1, -0.05) is 11.5 Å². The van der Waals surface area contributed by atoms with Crippen molar-refractivity contribution >= 4 is 5.91 Å². The Kier molecular flexibility index (Phi) is 10.6. The first-order valence-electron chi connectivity index (χ1n) is 6.70. The number of carbonyl (C=O) groups excluding carboxylic acids is 1. The smallest absolute Gasteiger partial charge is 0.386 e. The standard InChI is InChI=1S/C20H10F3NO2/c1-3-4-5-6-7-8-9-10-11-12-13-14-15-16-18(25)17(2)24-19(26)20(21,22)23/h16-18,25H,1H2,2H3,(H,24,26)/t17-,18-/m0/s1. The lowest BCUT2D eigenvalue weighted by molar-refractivity contribution is -0.174. The average Bonchev–Trinajstić information content (AvgIpc) is 2.57. The van der Waals surface area contributed by atoms with Gasteiger partial charge in [0, 0.05) is 0 Å². The molecule has 0 rings (SSSR count). The van der Waals surface area contributed by atoms with E-state index in [1.54, 1.807) is 5.32 Å². The van der Waals surface area contributed by atoms with Gasteiger partial charge in [-0.2, -0.15) is 13.2 Å². The zero-order valence-electron chi connectivity index (χ0n) is 13.4. The first kappa shape index (κ1) is 22.1. The maximum Gasteiger partial charge on any atom is 0.471 e. The number of nitrogens with one attached hydrogen (secondary N) is 1. The fraction of sp³-hybridized carbons (Fsp3) is 0.200. The molecule has 0 aromatic carbocycles. The monoisotopic (exact) mass is 353 g/mol. The number of hydrogen-bond donors (Lipinski definition) is 2. The predicted octanol–water partition coefficient (Wildman–Crippen LogP) is 2.62. The lowest BCUT2D eigenvalue weighted by Gasteiger charge is -2.17. The number of amides is 1. The number of aliphatic hydroxyl groups is 1. The lowest BCUT2D eigenvalue weighted by Crippen LogP contribution is -2.46. The van der Waals surface area contributed by atoms with Crippen LogP contribution in [0.25, 0.3) is 0 Å².